The standard InChI is InChI=1S/C22H23FN2O2/c1-3-27-22(26)16-6-9-20-18(12-16)19-14-24(2)11-10-21(19)25(20)13-15-4-7-17(23)8-5-15/h4-9,12H,3,10-11,13-14H2,1-2H3. The Morgan fingerprint density at radius 2 is 1.96 bits per heavy atom. The molecule has 0 saturated carbocycles. The van der Waals surface area contributed by atoms with E-state index in [0.29, 0.717) is 18.7 Å². The highest BCUT2D eigenvalue weighted by molar-refractivity contribution is 5.96. The summed E-state index contributed by atoms with van der Waals surface area (Å²) in [4.78, 5) is 14.5. The van der Waals surface area contributed by atoms with Crippen molar-refractivity contribution in [1.82, 2.24) is 9.47 Å². The Hall–Kier alpha value is -2.66. The quantitative estimate of drug-likeness (QED) is 0.655. The van der Waals surface area contributed by atoms with E-state index >= 15 is 0 Å². The number of esters is 1. The highest BCUT2D eigenvalue weighted by atomic mass is 19.1. The molecule has 1 aromatic heterocycles. The summed E-state index contributed by atoms with van der Waals surface area (Å²) in [6.45, 7) is 4.72. The molecule has 0 unspecified atom stereocenters. The summed E-state index contributed by atoms with van der Waals surface area (Å²) in [6.07, 6.45) is 0.955. The Kier molecular flexibility index (Phi) is 4.70. The van der Waals surface area contributed by atoms with Gasteiger partial charge < -0.3 is 14.2 Å². The van der Waals surface area contributed by atoms with Crippen LogP contribution in [0.1, 0.15) is 34.1 Å². The van der Waals surface area contributed by atoms with Gasteiger partial charge in [0.2, 0.25) is 0 Å². The van der Waals surface area contributed by atoms with Crippen LogP contribution in [0.15, 0.2) is 42.5 Å². The third-order valence-corrected chi connectivity index (χ3v) is 5.21. The van der Waals surface area contributed by atoms with Crippen LogP contribution in [0.5, 0.6) is 0 Å². The molecular formula is C22H23FN2O2. The van der Waals surface area contributed by atoms with Gasteiger partial charge in [-0.15, -0.1) is 0 Å². The predicted molar refractivity (Wildman–Crippen MR) is 103 cm³/mol. The van der Waals surface area contributed by atoms with Gasteiger partial charge in [0.1, 0.15) is 5.82 Å². The minimum Gasteiger partial charge on any atom is -0.462 e. The third-order valence-electron chi connectivity index (χ3n) is 5.21. The van der Waals surface area contributed by atoms with Gasteiger partial charge in [-0.2, -0.15) is 0 Å². The number of hydrogen-bond donors (Lipinski definition) is 0. The number of likely N-dealkylation sites (N-methyl/N-ethyl adjacent to an activating group) is 1. The van der Waals surface area contributed by atoms with Crippen molar-refractivity contribution >= 4 is 16.9 Å². The molecule has 0 spiro atoms. The maximum atomic E-state index is 13.3. The lowest BCUT2D eigenvalue weighted by atomic mass is 10.0. The van der Waals surface area contributed by atoms with Crippen LogP contribution in [0.25, 0.3) is 10.9 Å². The number of carbonyl (C=O) groups excluding carboxylic acids is 1. The van der Waals surface area contributed by atoms with Crippen molar-refractivity contribution < 1.29 is 13.9 Å². The molecule has 3 aromatic rings. The van der Waals surface area contributed by atoms with E-state index in [4.69, 9.17) is 4.74 Å². The summed E-state index contributed by atoms with van der Waals surface area (Å²) >= 11 is 0. The second kappa shape index (κ2) is 7.16. The van der Waals surface area contributed by atoms with Gasteiger partial charge in [-0.3, -0.25) is 0 Å². The molecule has 27 heavy (non-hydrogen) atoms. The number of halogens is 1. The average molecular weight is 366 g/mol. The molecule has 0 bridgehead atoms. The highest BCUT2D eigenvalue weighted by Crippen LogP contribution is 2.32. The summed E-state index contributed by atoms with van der Waals surface area (Å²) in [5, 5.41) is 1.10. The smallest absolute Gasteiger partial charge is 0.338 e. The molecule has 2 heterocycles. The molecule has 0 fully saturated rings. The molecule has 1 aliphatic heterocycles. The molecule has 140 valence electrons. The Morgan fingerprint density at radius 1 is 1.19 bits per heavy atom. The number of hydrogen-bond acceptors (Lipinski definition) is 3. The highest BCUT2D eigenvalue weighted by Gasteiger charge is 2.23. The van der Waals surface area contributed by atoms with Crippen molar-refractivity contribution in [3.63, 3.8) is 0 Å². The van der Waals surface area contributed by atoms with E-state index in [0.717, 1.165) is 36.0 Å². The zero-order valence-electron chi connectivity index (χ0n) is 15.7. The fourth-order valence-electron chi connectivity index (χ4n) is 3.88. The van der Waals surface area contributed by atoms with Gasteiger partial charge in [-0.05, 0) is 55.4 Å². The van der Waals surface area contributed by atoms with Crippen molar-refractivity contribution in [2.75, 3.05) is 20.2 Å². The number of aromatic nitrogens is 1. The van der Waals surface area contributed by atoms with E-state index in [1.54, 1.807) is 0 Å². The summed E-state index contributed by atoms with van der Waals surface area (Å²) < 4.78 is 20.7. The van der Waals surface area contributed by atoms with E-state index in [9.17, 15) is 9.18 Å². The number of ether oxygens (including phenoxy) is 1. The Morgan fingerprint density at radius 3 is 2.70 bits per heavy atom. The lowest BCUT2D eigenvalue weighted by Crippen LogP contribution is -2.27. The average Bonchev–Trinajstić information content (AvgIpc) is 2.96. The van der Waals surface area contributed by atoms with E-state index in [1.807, 2.05) is 37.3 Å². The topological polar surface area (TPSA) is 34.5 Å². The van der Waals surface area contributed by atoms with Gasteiger partial charge in [0.15, 0.2) is 0 Å². The lowest BCUT2D eigenvalue weighted by molar-refractivity contribution is 0.0526. The molecule has 2 aromatic carbocycles. The summed E-state index contributed by atoms with van der Waals surface area (Å²) in [6, 6.07) is 12.4. The van der Waals surface area contributed by atoms with Gasteiger partial charge in [0, 0.05) is 42.7 Å². The molecule has 0 amide bonds. The Bertz CT molecular complexity index is 992. The minimum absolute atomic E-state index is 0.223. The lowest BCUT2D eigenvalue weighted by Gasteiger charge is -2.24. The molecule has 0 saturated heterocycles. The van der Waals surface area contributed by atoms with Crippen LogP contribution >= 0.6 is 0 Å². The molecule has 4 rings (SSSR count). The van der Waals surface area contributed by atoms with Crippen LogP contribution in [-0.2, 0) is 24.2 Å². The predicted octanol–water partition coefficient (Wildman–Crippen LogP) is 3.99. The van der Waals surface area contributed by atoms with Crippen LogP contribution in [0.3, 0.4) is 0 Å². The first-order valence-corrected chi connectivity index (χ1v) is 9.31. The largest absolute Gasteiger partial charge is 0.462 e. The van der Waals surface area contributed by atoms with Crippen molar-refractivity contribution in [3.05, 3.63) is 70.7 Å². The third kappa shape index (κ3) is 3.35. The van der Waals surface area contributed by atoms with Crippen LogP contribution < -0.4 is 0 Å². The maximum absolute atomic E-state index is 13.3. The maximum Gasteiger partial charge on any atom is 0.338 e. The van der Waals surface area contributed by atoms with Crippen molar-refractivity contribution in [2.24, 2.45) is 0 Å². The molecule has 1 aliphatic rings. The summed E-state index contributed by atoms with van der Waals surface area (Å²) in [5.74, 6) is -0.512. The molecule has 0 radical (unpaired) electrons. The Labute approximate surface area is 158 Å². The fraction of sp³-hybridized carbons (Fsp3) is 0.318. The Balaban J connectivity index is 1.82. The summed E-state index contributed by atoms with van der Waals surface area (Å²) in [5.41, 5.74) is 5.32. The fourth-order valence-corrected chi connectivity index (χ4v) is 3.88. The van der Waals surface area contributed by atoms with Crippen LogP contribution in [0.2, 0.25) is 0 Å². The number of carbonyl (C=O) groups is 1. The van der Waals surface area contributed by atoms with Gasteiger partial charge >= 0.3 is 5.97 Å². The van der Waals surface area contributed by atoms with E-state index in [2.05, 4.69) is 16.5 Å². The zero-order chi connectivity index (χ0) is 19.0. The number of nitrogens with zero attached hydrogens (tertiary/aromatic N) is 2. The molecule has 0 atom stereocenters. The SMILES string of the molecule is CCOC(=O)c1ccc2c(c1)c1c(n2Cc2ccc(F)cc2)CCN(C)C1. The van der Waals surface area contributed by atoms with Crippen molar-refractivity contribution in [3.8, 4) is 0 Å². The number of rotatable bonds is 4. The second-order valence-corrected chi connectivity index (χ2v) is 7.08. The number of benzene rings is 2. The van der Waals surface area contributed by atoms with Crippen molar-refractivity contribution in [2.45, 2.75) is 26.4 Å². The molecule has 5 heteroatoms. The van der Waals surface area contributed by atoms with Gasteiger partial charge in [0.05, 0.1) is 12.2 Å². The number of fused-ring (bicyclic) bond motifs is 3. The first kappa shape index (κ1) is 17.7. The molecule has 4 nitrogen and oxygen atoms in total. The van der Waals surface area contributed by atoms with Crippen LogP contribution in [-0.4, -0.2) is 35.6 Å². The molecule has 0 N–H and O–H groups in total. The first-order valence-electron chi connectivity index (χ1n) is 9.31. The minimum atomic E-state index is -0.288. The van der Waals surface area contributed by atoms with Gasteiger partial charge in [-0.25, -0.2) is 9.18 Å². The van der Waals surface area contributed by atoms with Crippen molar-refractivity contribution in [1.29, 1.82) is 0 Å². The van der Waals surface area contributed by atoms with Gasteiger partial charge in [0.25, 0.3) is 0 Å². The van der Waals surface area contributed by atoms with Crippen LogP contribution in [0, 0.1) is 5.82 Å². The van der Waals surface area contributed by atoms with E-state index in [-0.39, 0.29) is 11.8 Å². The molecule has 0 aliphatic carbocycles. The summed E-state index contributed by atoms with van der Waals surface area (Å²) in [7, 11) is 2.11. The van der Waals surface area contributed by atoms with Crippen LogP contribution in [0.4, 0.5) is 4.39 Å². The monoisotopic (exact) mass is 366 g/mol. The molecular weight excluding hydrogens is 343 g/mol. The normalized spacial score (nSPS) is 14.3. The van der Waals surface area contributed by atoms with Gasteiger partial charge in [-0.1, -0.05) is 12.1 Å². The zero-order valence-corrected chi connectivity index (χ0v) is 15.7. The van der Waals surface area contributed by atoms with E-state index in [1.165, 1.54) is 23.4 Å². The first-order chi connectivity index (χ1) is 13.1. The second-order valence-electron chi connectivity index (χ2n) is 7.08. The van der Waals surface area contributed by atoms with E-state index < -0.39 is 0 Å².